The maximum Gasteiger partial charge on any atom is 0.263 e. The summed E-state index contributed by atoms with van der Waals surface area (Å²) in [6, 6.07) is 3.00. The van der Waals surface area contributed by atoms with Crippen molar-refractivity contribution in [1.82, 2.24) is 20.3 Å². The minimum absolute atomic E-state index is 0.0275. The summed E-state index contributed by atoms with van der Waals surface area (Å²) in [7, 11) is 1.42. The molecule has 0 aliphatic rings. The molecule has 0 unspecified atom stereocenters. The molecule has 94 valence electrons. The summed E-state index contributed by atoms with van der Waals surface area (Å²) < 4.78 is 4.96. The predicted molar refractivity (Wildman–Crippen MR) is 64.9 cm³/mol. The highest BCUT2D eigenvalue weighted by Gasteiger charge is 2.08. The van der Waals surface area contributed by atoms with Crippen molar-refractivity contribution in [2.45, 2.75) is 0 Å². The monoisotopic (exact) mass is 268 g/mol. The lowest BCUT2D eigenvalue weighted by atomic mass is 10.2. The minimum atomic E-state index is -0.0858. The Bertz CT molecular complexity index is 597. The van der Waals surface area contributed by atoms with E-state index in [1.807, 2.05) is 0 Å². The van der Waals surface area contributed by atoms with Crippen LogP contribution >= 0.6 is 11.6 Å². The molecule has 8 nitrogen and oxygen atoms in total. The number of aromatic hydroxyl groups is 1. The van der Waals surface area contributed by atoms with Crippen LogP contribution in [0.5, 0.6) is 11.5 Å². The number of ether oxygens (including phenoxy) is 1. The molecule has 0 spiro atoms. The van der Waals surface area contributed by atoms with Crippen LogP contribution in [0, 0.1) is 0 Å². The summed E-state index contributed by atoms with van der Waals surface area (Å²) in [5.74, 6) is 0.186. The van der Waals surface area contributed by atoms with Crippen molar-refractivity contribution in [3.8, 4) is 11.5 Å². The van der Waals surface area contributed by atoms with Gasteiger partial charge in [-0.1, -0.05) is 21.5 Å². The molecule has 0 saturated carbocycles. The molecule has 0 aliphatic carbocycles. The standard InChI is InChI=1S/C9H9ClN6O2/c1-18-7-3-6(10)2-5(8(7)17)4-12-16-9(11)13-14-15-16/h2-4,17H,1H3,(H2,11,13,15)/b12-4-. The maximum absolute atomic E-state index is 9.84. The number of tetrazole rings is 1. The highest BCUT2D eigenvalue weighted by atomic mass is 35.5. The average molecular weight is 269 g/mol. The third-order valence-corrected chi connectivity index (χ3v) is 2.29. The fourth-order valence-electron chi connectivity index (χ4n) is 1.24. The van der Waals surface area contributed by atoms with Crippen molar-refractivity contribution < 1.29 is 9.84 Å². The van der Waals surface area contributed by atoms with Crippen molar-refractivity contribution in [3.05, 3.63) is 22.7 Å². The van der Waals surface area contributed by atoms with E-state index in [-0.39, 0.29) is 17.4 Å². The van der Waals surface area contributed by atoms with E-state index in [0.29, 0.717) is 10.6 Å². The van der Waals surface area contributed by atoms with Crippen LogP contribution in [0.2, 0.25) is 5.02 Å². The second kappa shape index (κ2) is 4.88. The van der Waals surface area contributed by atoms with E-state index in [1.54, 1.807) is 0 Å². The van der Waals surface area contributed by atoms with Crippen LogP contribution in [-0.2, 0) is 0 Å². The van der Waals surface area contributed by atoms with Crippen LogP contribution in [0.25, 0.3) is 0 Å². The van der Waals surface area contributed by atoms with Gasteiger partial charge in [0.25, 0.3) is 5.95 Å². The molecule has 0 radical (unpaired) electrons. The van der Waals surface area contributed by atoms with E-state index in [4.69, 9.17) is 22.1 Å². The molecular weight excluding hydrogens is 260 g/mol. The van der Waals surface area contributed by atoms with Crippen LogP contribution in [0.1, 0.15) is 5.56 Å². The Morgan fingerprint density at radius 2 is 2.33 bits per heavy atom. The normalized spacial score (nSPS) is 11.0. The summed E-state index contributed by atoms with van der Waals surface area (Å²) >= 11 is 5.87. The molecule has 0 saturated heterocycles. The van der Waals surface area contributed by atoms with Gasteiger partial charge in [0, 0.05) is 16.7 Å². The van der Waals surface area contributed by atoms with E-state index in [1.165, 1.54) is 25.5 Å². The van der Waals surface area contributed by atoms with Crippen LogP contribution in [0.4, 0.5) is 5.95 Å². The second-order valence-corrected chi connectivity index (χ2v) is 3.65. The first-order chi connectivity index (χ1) is 8.61. The molecule has 1 heterocycles. The number of phenols is 1. The minimum Gasteiger partial charge on any atom is -0.504 e. The lowest BCUT2D eigenvalue weighted by Gasteiger charge is -2.06. The van der Waals surface area contributed by atoms with Gasteiger partial charge in [0.2, 0.25) is 0 Å². The first kappa shape index (κ1) is 12.1. The molecule has 3 N–H and O–H groups in total. The number of nitrogens with zero attached hydrogens (tertiary/aromatic N) is 5. The van der Waals surface area contributed by atoms with E-state index >= 15 is 0 Å². The number of halogens is 1. The quantitative estimate of drug-likeness (QED) is 0.784. The highest BCUT2D eigenvalue weighted by molar-refractivity contribution is 6.31. The Balaban J connectivity index is 2.37. The zero-order valence-electron chi connectivity index (χ0n) is 9.28. The number of anilines is 1. The molecule has 0 aliphatic heterocycles. The SMILES string of the molecule is COc1cc(Cl)cc(/C=N\n2nnnc2N)c1O. The fraction of sp³-hybridized carbons (Fsp3) is 0.111. The van der Waals surface area contributed by atoms with Gasteiger partial charge < -0.3 is 15.6 Å². The number of nitrogen functional groups attached to an aromatic ring is 1. The number of benzene rings is 1. The first-order valence-corrected chi connectivity index (χ1v) is 5.14. The molecule has 0 amide bonds. The number of nitrogens with two attached hydrogens (primary N) is 1. The number of phenolic OH excluding ortho intramolecular Hbond substituents is 1. The highest BCUT2D eigenvalue weighted by Crippen LogP contribution is 2.32. The molecule has 1 aromatic heterocycles. The third-order valence-electron chi connectivity index (χ3n) is 2.07. The van der Waals surface area contributed by atoms with Crippen molar-refractivity contribution in [1.29, 1.82) is 0 Å². The summed E-state index contributed by atoms with van der Waals surface area (Å²) in [5, 5.41) is 24.4. The van der Waals surface area contributed by atoms with Crippen molar-refractivity contribution in [2.75, 3.05) is 12.8 Å². The van der Waals surface area contributed by atoms with E-state index in [9.17, 15) is 5.11 Å². The van der Waals surface area contributed by atoms with Gasteiger partial charge in [0.05, 0.1) is 13.3 Å². The van der Waals surface area contributed by atoms with Crippen LogP contribution in [-0.4, -0.2) is 38.7 Å². The summed E-state index contributed by atoms with van der Waals surface area (Å²) in [6.45, 7) is 0. The molecule has 2 rings (SSSR count). The van der Waals surface area contributed by atoms with Gasteiger partial charge in [-0.15, -0.1) is 0 Å². The largest absolute Gasteiger partial charge is 0.504 e. The van der Waals surface area contributed by atoms with Gasteiger partial charge in [-0.25, -0.2) is 0 Å². The van der Waals surface area contributed by atoms with Gasteiger partial charge in [-0.05, 0) is 16.5 Å². The number of hydrogen-bond acceptors (Lipinski definition) is 7. The van der Waals surface area contributed by atoms with Crippen LogP contribution < -0.4 is 10.5 Å². The average Bonchev–Trinajstić information content (AvgIpc) is 2.75. The molecule has 0 fully saturated rings. The Hall–Kier alpha value is -2.35. The van der Waals surface area contributed by atoms with Gasteiger partial charge >= 0.3 is 0 Å². The zero-order valence-corrected chi connectivity index (χ0v) is 10.0. The van der Waals surface area contributed by atoms with Gasteiger partial charge in [0.15, 0.2) is 11.5 Å². The smallest absolute Gasteiger partial charge is 0.263 e. The lowest BCUT2D eigenvalue weighted by Crippen LogP contribution is -2.00. The molecular formula is C9H9ClN6O2. The number of hydrogen-bond donors (Lipinski definition) is 2. The van der Waals surface area contributed by atoms with E-state index in [2.05, 4.69) is 20.6 Å². The Morgan fingerprint density at radius 3 is 2.94 bits per heavy atom. The van der Waals surface area contributed by atoms with Gasteiger partial charge in [-0.2, -0.15) is 5.10 Å². The molecule has 0 atom stereocenters. The van der Waals surface area contributed by atoms with Gasteiger partial charge in [0.1, 0.15) is 0 Å². The van der Waals surface area contributed by atoms with Crippen molar-refractivity contribution in [3.63, 3.8) is 0 Å². The Morgan fingerprint density at radius 1 is 1.56 bits per heavy atom. The van der Waals surface area contributed by atoms with E-state index < -0.39 is 0 Å². The second-order valence-electron chi connectivity index (χ2n) is 3.22. The predicted octanol–water partition coefficient (Wildman–Crippen LogP) is 0.505. The number of rotatable bonds is 3. The topological polar surface area (TPSA) is 111 Å². The zero-order chi connectivity index (χ0) is 13.1. The fourth-order valence-corrected chi connectivity index (χ4v) is 1.45. The maximum atomic E-state index is 9.84. The van der Waals surface area contributed by atoms with Crippen LogP contribution in [0.15, 0.2) is 17.2 Å². The first-order valence-electron chi connectivity index (χ1n) is 4.76. The summed E-state index contributed by atoms with van der Waals surface area (Å²) in [6.07, 6.45) is 1.32. The molecule has 0 bridgehead atoms. The molecule has 18 heavy (non-hydrogen) atoms. The van der Waals surface area contributed by atoms with Crippen LogP contribution in [0.3, 0.4) is 0 Å². The van der Waals surface area contributed by atoms with E-state index in [0.717, 1.165) is 4.79 Å². The molecule has 2 aromatic rings. The summed E-state index contributed by atoms with van der Waals surface area (Å²) in [5.41, 5.74) is 5.78. The summed E-state index contributed by atoms with van der Waals surface area (Å²) in [4.78, 5) is 1.01. The van der Waals surface area contributed by atoms with Crippen molar-refractivity contribution >= 4 is 23.8 Å². The number of aromatic nitrogens is 4. The van der Waals surface area contributed by atoms with Gasteiger partial charge in [-0.3, -0.25) is 0 Å². The van der Waals surface area contributed by atoms with Crippen molar-refractivity contribution in [2.24, 2.45) is 5.10 Å². The Labute approximate surface area is 107 Å². The lowest BCUT2D eigenvalue weighted by molar-refractivity contribution is 0.373. The number of methoxy groups -OCH3 is 1. The molecule has 1 aromatic carbocycles. The Kier molecular flexibility index (Phi) is 3.28. The third kappa shape index (κ3) is 2.33. The molecule has 9 heteroatoms.